The van der Waals surface area contributed by atoms with Gasteiger partial charge in [-0.15, -0.1) is 10.2 Å². The predicted molar refractivity (Wildman–Crippen MR) is 96.1 cm³/mol. The van der Waals surface area contributed by atoms with Crippen LogP contribution in [0.5, 0.6) is 0 Å². The van der Waals surface area contributed by atoms with Gasteiger partial charge in [-0.3, -0.25) is 9.78 Å². The van der Waals surface area contributed by atoms with E-state index < -0.39 is 0 Å². The third-order valence-electron chi connectivity index (χ3n) is 3.10. The molecule has 1 N–H and O–H groups in total. The second kappa shape index (κ2) is 7.90. The molecule has 0 aliphatic carbocycles. The fourth-order valence-corrected chi connectivity index (χ4v) is 2.75. The van der Waals surface area contributed by atoms with Crippen molar-refractivity contribution in [2.75, 3.05) is 11.1 Å². The molecule has 0 unspecified atom stereocenters. The van der Waals surface area contributed by atoms with Gasteiger partial charge in [0.15, 0.2) is 0 Å². The molecule has 0 saturated carbocycles. The molecule has 5 nitrogen and oxygen atoms in total. The topological polar surface area (TPSA) is 67.8 Å². The number of anilines is 1. The van der Waals surface area contributed by atoms with Crippen LogP contribution >= 0.6 is 23.4 Å². The molecular weight excluding hydrogens is 344 g/mol. The summed E-state index contributed by atoms with van der Waals surface area (Å²) in [6.07, 6.45) is 3.44. The second-order valence-electron chi connectivity index (χ2n) is 4.82. The number of thioether (sulfide) groups is 1. The van der Waals surface area contributed by atoms with Gasteiger partial charge in [-0.2, -0.15) is 0 Å². The summed E-state index contributed by atoms with van der Waals surface area (Å²) >= 11 is 7.33. The SMILES string of the molecule is O=C(CSc1ccc(-c2cccnc2)nn1)Nc1ccccc1Cl. The minimum Gasteiger partial charge on any atom is -0.324 e. The van der Waals surface area contributed by atoms with Crippen LogP contribution in [0.1, 0.15) is 0 Å². The standard InChI is InChI=1S/C17H13ClN4OS/c18-13-5-1-2-6-15(13)20-16(23)11-24-17-8-7-14(21-22-17)12-4-3-9-19-10-12/h1-10H,11H2,(H,20,23). The Morgan fingerprint density at radius 1 is 1.08 bits per heavy atom. The van der Waals surface area contributed by atoms with Crippen molar-refractivity contribution in [2.45, 2.75) is 5.03 Å². The Balaban J connectivity index is 1.57. The van der Waals surface area contributed by atoms with Crippen LogP contribution in [0.2, 0.25) is 5.02 Å². The number of para-hydroxylation sites is 1. The fourth-order valence-electron chi connectivity index (χ4n) is 1.95. The summed E-state index contributed by atoms with van der Waals surface area (Å²) in [6, 6.07) is 14.6. The summed E-state index contributed by atoms with van der Waals surface area (Å²) in [5.74, 6) is 0.0813. The van der Waals surface area contributed by atoms with Crippen molar-refractivity contribution in [1.29, 1.82) is 0 Å². The van der Waals surface area contributed by atoms with E-state index in [2.05, 4.69) is 20.5 Å². The molecule has 1 amide bonds. The number of halogens is 1. The summed E-state index contributed by atoms with van der Waals surface area (Å²) in [5.41, 5.74) is 2.24. The van der Waals surface area contributed by atoms with Crippen LogP contribution in [0.15, 0.2) is 66.0 Å². The van der Waals surface area contributed by atoms with Crippen LogP contribution in [-0.4, -0.2) is 26.8 Å². The van der Waals surface area contributed by atoms with Gasteiger partial charge in [0.25, 0.3) is 0 Å². The van der Waals surface area contributed by atoms with Gasteiger partial charge in [0, 0.05) is 18.0 Å². The molecule has 24 heavy (non-hydrogen) atoms. The molecule has 2 aromatic heterocycles. The Bertz CT molecular complexity index is 828. The maximum atomic E-state index is 12.0. The van der Waals surface area contributed by atoms with Crippen molar-refractivity contribution in [3.05, 3.63) is 65.9 Å². The van der Waals surface area contributed by atoms with Crippen LogP contribution < -0.4 is 5.32 Å². The normalized spacial score (nSPS) is 10.4. The van der Waals surface area contributed by atoms with E-state index in [4.69, 9.17) is 11.6 Å². The highest BCUT2D eigenvalue weighted by atomic mass is 35.5. The van der Waals surface area contributed by atoms with Gasteiger partial charge in [0.1, 0.15) is 5.03 Å². The second-order valence-corrected chi connectivity index (χ2v) is 6.22. The van der Waals surface area contributed by atoms with Crippen molar-refractivity contribution in [3.63, 3.8) is 0 Å². The van der Waals surface area contributed by atoms with Gasteiger partial charge in [-0.1, -0.05) is 35.5 Å². The molecule has 120 valence electrons. The molecule has 1 aromatic carbocycles. The smallest absolute Gasteiger partial charge is 0.234 e. The number of nitrogens with one attached hydrogen (secondary N) is 1. The molecule has 0 atom stereocenters. The average Bonchev–Trinajstić information content (AvgIpc) is 2.63. The molecule has 3 rings (SSSR count). The number of carbonyl (C=O) groups is 1. The van der Waals surface area contributed by atoms with Gasteiger partial charge in [-0.25, -0.2) is 0 Å². The quantitative estimate of drug-likeness (QED) is 0.702. The molecule has 0 radical (unpaired) electrons. The van der Waals surface area contributed by atoms with Crippen molar-refractivity contribution in [3.8, 4) is 11.3 Å². The summed E-state index contributed by atoms with van der Waals surface area (Å²) in [4.78, 5) is 16.0. The Labute approximate surface area is 148 Å². The van der Waals surface area contributed by atoms with Gasteiger partial charge in [0.2, 0.25) is 5.91 Å². The first-order valence-electron chi connectivity index (χ1n) is 7.14. The summed E-state index contributed by atoms with van der Waals surface area (Å²) in [5, 5.41) is 12.2. The first-order valence-corrected chi connectivity index (χ1v) is 8.50. The highest BCUT2D eigenvalue weighted by molar-refractivity contribution is 7.99. The number of benzene rings is 1. The zero-order valence-corrected chi connectivity index (χ0v) is 14.1. The molecule has 0 bridgehead atoms. The third kappa shape index (κ3) is 4.31. The molecule has 0 aliphatic rings. The van der Waals surface area contributed by atoms with Gasteiger partial charge in [-0.05, 0) is 36.4 Å². The average molecular weight is 357 g/mol. The first-order chi connectivity index (χ1) is 11.7. The van der Waals surface area contributed by atoms with Gasteiger partial charge in [0.05, 0.1) is 22.2 Å². The fraction of sp³-hybridized carbons (Fsp3) is 0.0588. The number of nitrogens with zero attached hydrogens (tertiary/aromatic N) is 3. The van der Waals surface area contributed by atoms with Crippen LogP contribution in [0.25, 0.3) is 11.3 Å². The summed E-state index contributed by atoms with van der Waals surface area (Å²) in [6.45, 7) is 0. The van der Waals surface area contributed by atoms with Crippen molar-refractivity contribution >= 4 is 35.0 Å². The zero-order chi connectivity index (χ0) is 16.8. The van der Waals surface area contributed by atoms with Crippen LogP contribution in [-0.2, 0) is 4.79 Å². The largest absolute Gasteiger partial charge is 0.324 e. The maximum Gasteiger partial charge on any atom is 0.234 e. The third-order valence-corrected chi connectivity index (χ3v) is 4.35. The van der Waals surface area contributed by atoms with Crippen molar-refractivity contribution < 1.29 is 4.79 Å². The molecule has 2 heterocycles. The Hall–Kier alpha value is -2.44. The molecule has 0 spiro atoms. The Morgan fingerprint density at radius 3 is 2.67 bits per heavy atom. The number of carbonyl (C=O) groups excluding carboxylic acids is 1. The lowest BCUT2D eigenvalue weighted by Gasteiger charge is -2.06. The predicted octanol–water partition coefficient (Wildman–Crippen LogP) is 3.92. The highest BCUT2D eigenvalue weighted by Gasteiger charge is 2.07. The minimum absolute atomic E-state index is 0.147. The van der Waals surface area contributed by atoms with E-state index >= 15 is 0 Å². The van der Waals surface area contributed by atoms with E-state index in [-0.39, 0.29) is 11.7 Å². The first kappa shape index (κ1) is 16.4. The molecule has 0 fully saturated rings. The number of rotatable bonds is 5. The molecule has 0 aliphatic heterocycles. The number of hydrogen-bond donors (Lipinski definition) is 1. The van der Waals surface area contributed by atoms with E-state index in [9.17, 15) is 4.79 Å². The monoisotopic (exact) mass is 356 g/mol. The van der Waals surface area contributed by atoms with E-state index in [0.29, 0.717) is 15.7 Å². The maximum absolute atomic E-state index is 12.0. The summed E-state index contributed by atoms with van der Waals surface area (Å²) in [7, 11) is 0. The number of amides is 1. The zero-order valence-electron chi connectivity index (χ0n) is 12.5. The molecule has 3 aromatic rings. The number of hydrogen-bond acceptors (Lipinski definition) is 5. The number of pyridine rings is 1. The van der Waals surface area contributed by atoms with Crippen LogP contribution in [0.4, 0.5) is 5.69 Å². The van der Waals surface area contributed by atoms with Gasteiger partial charge < -0.3 is 5.32 Å². The molecule has 7 heteroatoms. The van der Waals surface area contributed by atoms with Crippen LogP contribution in [0.3, 0.4) is 0 Å². The van der Waals surface area contributed by atoms with E-state index in [0.717, 1.165) is 11.3 Å². The van der Waals surface area contributed by atoms with Crippen LogP contribution in [0, 0.1) is 0 Å². The van der Waals surface area contributed by atoms with E-state index in [1.807, 2.05) is 36.4 Å². The van der Waals surface area contributed by atoms with E-state index in [1.165, 1.54) is 11.8 Å². The number of aromatic nitrogens is 3. The van der Waals surface area contributed by atoms with Gasteiger partial charge >= 0.3 is 0 Å². The van der Waals surface area contributed by atoms with E-state index in [1.54, 1.807) is 24.5 Å². The lowest BCUT2D eigenvalue weighted by Crippen LogP contribution is -2.14. The molecule has 0 saturated heterocycles. The highest BCUT2D eigenvalue weighted by Crippen LogP contribution is 2.22. The minimum atomic E-state index is -0.147. The Kier molecular flexibility index (Phi) is 5.40. The molecular formula is C17H13ClN4OS. The summed E-state index contributed by atoms with van der Waals surface area (Å²) < 4.78 is 0. The van der Waals surface area contributed by atoms with Crippen molar-refractivity contribution in [1.82, 2.24) is 15.2 Å². The Morgan fingerprint density at radius 2 is 1.96 bits per heavy atom. The lowest BCUT2D eigenvalue weighted by molar-refractivity contribution is -0.113. The van der Waals surface area contributed by atoms with Crippen molar-refractivity contribution in [2.24, 2.45) is 0 Å². The lowest BCUT2D eigenvalue weighted by atomic mass is 10.2.